The molecule has 0 aliphatic rings. The molecule has 0 amide bonds. The molecule has 0 fully saturated rings. The van der Waals surface area contributed by atoms with E-state index in [9.17, 15) is 4.79 Å². The zero-order valence-electron chi connectivity index (χ0n) is 9.81. The van der Waals surface area contributed by atoms with Gasteiger partial charge in [-0.1, -0.05) is 54.6 Å². The summed E-state index contributed by atoms with van der Waals surface area (Å²) in [5, 5.41) is 2.86. The van der Waals surface area contributed by atoms with Crippen molar-refractivity contribution >= 4 is 5.78 Å². The Morgan fingerprint density at radius 1 is 0.941 bits per heavy atom. The Morgan fingerprint density at radius 2 is 1.53 bits per heavy atom. The SMILES string of the molecule is CNCC(=O)c1ccc(-c2ccccc2)cc1. The van der Waals surface area contributed by atoms with Gasteiger partial charge in [-0.15, -0.1) is 0 Å². The molecule has 0 bridgehead atoms. The molecular weight excluding hydrogens is 210 g/mol. The van der Waals surface area contributed by atoms with Crippen LogP contribution in [0.15, 0.2) is 54.6 Å². The standard InChI is InChI=1S/C15H15NO/c1-16-11-15(17)14-9-7-13(8-10-14)12-5-3-2-4-6-12/h2-10,16H,11H2,1H3. The highest BCUT2D eigenvalue weighted by Gasteiger charge is 2.04. The molecule has 2 heteroatoms. The van der Waals surface area contributed by atoms with Gasteiger partial charge in [-0.05, 0) is 18.2 Å². The van der Waals surface area contributed by atoms with E-state index < -0.39 is 0 Å². The molecule has 0 spiro atoms. The summed E-state index contributed by atoms with van der Waals surface area (Å²) in [5.41, 5.74) is 3.05. The number of hydrogen-bond acceptors (Lipinski definition) is 2. The van der Waals surface area contributed by atoms with E-state index in [1.54, 1.807) is 7.05 Å². The van der Waals surface area contributed by atoms with Crippen molar-refractivity contribution in [2.75, 3.05) is 13.6 Å². The van der Waals surface area contributed by atoms with E-state index in [0.717, 1.165) is 11.1 Å². The Bertz CT molecular complexity index is 488. The van der Waals surface area contributed by atoms with E-state index in [4.69, 9.17) is 0 Å². The van der Waals surface area contributed by atoms with Gasteiger partial charge in [-0.2, -0.15) is 0 Å². The summed E-state index contributed by atoms with van der Waals surface area (Å²) >= 11 is 0. The zero-order chi connectivity index (χ0) is 12.1. The molecule has 0 radical (unpaired) electrons. The molecule has 1 N–H and O–H groups in total. The third-order valence-corrected chi connectivity index (χ3v) is 2.65. The van der Waals surface area contributed by atoms with Crippen molar-refractivity contribution in [3.63, 3.8) is 0 Å². The highest BCUT2D eigenvalue weighted by atomic mass is 16.1. The first kappa shape index (κ1) is 11.6. The second kappa shape index (κ2) is 5.41. The number of hydrogen-bond donors (Lipinski definition) is 1. The first-order valence-corrected chi connectivity index (χ1v) is 5.64. The number of rotatable bonds is 4. The van der Waals surface area contributed by atoms with E-state index in [1.165, 1.54) is 5.56 Å². The van der Waals surface area contributed by atoms with Crippen molar-refractivity contribution in [2.24, 2.45) is 0 Å². The van der Waals surface area contributed by atoms with Crippen molar-refractivity contribution in [1.82, 2.24) is 5.32 Å². The lowest BCUT2D eigenvalue weighted by Gasteiger charge is -2.03. The molecule has 2 aromatic carbocycles. The summed E-state index contributed by atoms with van der Waals surface area (Å²) in [6.45, 7) is 0.380. The number of ketones is 1. The lowest BCUT2D eigenvalue weighted by Crippen LogP contribution is -2.18. The minimum absolute atomic E-state index is 0.118. The fraction of sp³-hybridized carbons (Fsp3) is 0.133. The first-order valence-electron chi connectivity index (χ1n) is 5.64. The summed E-state index contributed by atoms with van der Waals surface area (Å²) in [7, 11) is 1.77. The molecule has 2 aromatic rings. The van der Waals surface area contributed by atoms with Gasteiger partial charge in [0.05, 0.1) is 6.54 Å². The largest absolute Gasteiger partial charge is 0.313 e. The monoisotopic (exact) mass is 225 g/mol. The molecule has 0 unspecified atom stereocenters. The van der Waals surface area contributed by atoms with E-state index in [1.807, 2.05) is 42.5 Å². The van der Waals surface area contributed by atoms with Gasteiger partial charge in [0, 0.05) is 5.56 Å². The van der Waals surface area contributed by atoms with Crippen LogP contribution in [0.1, 0.15) is 10.4 Å². The van der Waals surface area contributed by atoms with Crippen molar-refractivity contribution in [2.45, 2.75) is 0 Å². The number of Topliss-reactive ketones (excluding diaryl/α,β-unsaturated/α-hetero) is 1. The Hall–Kier alpha value is -1.93. The molecule has 2 rings (SSSR count). The van der Waals surface area contributed by atoms with Gasteiger partial charge in [-0.3, -0.25) is 4.79 Å². The number of likely N-dealkylation sites (N-methyl/N-ethyl adjacent to an activating group) is 1. The summed E-state index contributed by atoms with van der Waals surface area (Å²) < 4.78 is 0. The molecule has 0 atom stereocenters. The van der Waals surface area contributed by atoms with Gasteiger partial charge in [0.2, 0.25) is 0 Å². The molecule has 17 heavy (non-hydrogen) atoms. The normalized spacial score (nSPS) is 10.2. The van der Waals surface area contributed by atoms with Gasteiger partial charge in [0.15, 0.2) is 5.78 Å². The minimum Gasteiger partial charge on any atom is -0.313 e. The highest BCUT2D eigenvalue weighted by Crippen LogP contribution is 2.19. The number of benzene rings is 2. The molecular formula is C15H15NO. The van der Waals surface area contributed by atoms with Gasteiger partial charge in [0.25, 0.3) is 0 Å². The summed E-state index contributed by atoms with van der Waals surface area (Å²) in [6, 6.07) is 17.9. The maximum Gasteiger partial charge on any atom is 0.176 e. The third kappa shape index (κ3) is 2.80. The smallest absolute Gasteiger partial charge is 0.176 e. The van der Waals surface area contributed by atoms with E-state index in [-0.39, 0.29) is 5.78 Å². The number of nitrogens with one attached hydrogen (secondary N) is 1. The van der Waals surface area contributed by atoms with E-state index in [0.29, 0.717) is 6.54 Å². The molecule has 0 saturated heterocycles. The van der Waals surface area contributed by atoms with Crippen LogP contribution in [0.4, 0.5) is 0 Å². The quantitative estimate of drug-likeness (QED) is 0.811. The summed E-state index contributed by atoms with van der Waals surface area (Å²) in [4.78, 5) is 11.6. The van der Waals surface area contributed by atoms with Crippen LogP contribution >= 0.6 is 0 Å². The van der Waals surface area contributed by atoms with Gasteiger partial charge in [0.1, 0.15) is 0 Å². The number of carbonyl (C=O) groups is 1. The van der Waals surface area contributed by atoms with Crippen molar-refractivity contribution in [3.05, 3.63) is 60.2 Å². The molecule has 0 saturated carbocycles. The molecule has 0 heterocycles. The zero-order valence-corrected chi connectivity index (χ0v) is 9.81. The maximum absolute atomic E-state index is 11.6. The van der Waals surface area contributed by atoms with Crippen LogP contribution in [0.5, 0.6) is 0 Å². The Labute approximate surface area is 101 Å². The van der Waals surface area contributed by atoms with Crippen LogP contribution < -0.4 is 5.32 Å². The van der Waals surface area contributed by atoms with Crippen LogP contribution in [0.3, 0.4) is 0 Å². The predicted octanol–water partition coefficient (Wildman–Crippen LogP) is 2.76. The molecule has 86 valence electrons. The third-order valence-electron chi connectivity index (χ3n) is 2.65. The predicted molar refractivity (Wildman–Crippen MR) is 70.1 cm³/mol. The van der Waals surface area contributed by atoms with Crippen molar-refractivity contribution < 1.29 is 4.79 Å². The van der Waals surface area contributed by atoms with Crippen LogP contribution in [0.2, 0.25) is 0 Å². The van der Waals surface area contributed by atoms with Gasteiger partial charge in [-0.25, -0.2) is 0 Å². The second-order valence-corrected chi connectivity index (χ2v) is 3.90. The van der Waals surface area contributed by atoms with Crippen LogP contribution in [0.25, 0.3) is 11.1 Å². The van der Waals surface area contributed by atoms with Crippen LogP contribution in [-0.4, -0.2) is 19.4 Å². The van der Waals surface area contributed by atoms with E-state index in [2.05, 4.69) is 17.4 Å². The molecule has 0 aromatic heterocycles. The molecule has 0 aliphatic heterocycles. The van der Waals surface area contributed by atoms with Crippen molar-refractivity contribution in [3.8, 4) is 11.1 Å². The first-order chi connectivity index (χ1) is 8.31. The average Bonchev–Trinajstić information content (AvgIpc) is 2.40. The van der Waals surface area contributed by atoms with Gasteiger partial charge >= 0.3 is 0 Å². The van der Waals surface area contributed by atoms with Crippen LogP contribution in [0, 0.1) is 0 Å². The highest BCUT2D eigenvalue weighted by molar-refractivity contribution is 5.97. The van der Waals surface area contributed by atoms with Gasteiger partial charge < -0.3 is 5.32 Å². The average molecular weight is 225 g/mol. The lowest BCUT2D eigenvalue weighted by atomic mass is 10.0. The fourth-order valence-electron chi connectivity index (χ4n) is 1.74. The Kier molecular flexibility index (Phi) is 3.68. The van der Waals surface area contributed by atoms with Crippen molar-refractivity contribution in [1.29, 1.82) is 0 Å². The molecule has 2 nitrogen and oxygen atoms in total. The second-order valence-electron chi connectivity index (χ2n) is 3.90. The Balaban J connectivity index is 2.22. The Morgan fingerprint density at radius 3 is 2.12 bits per heavy atom. The fourth-order valence-corrected chi connectivity index (χ4v) is 1.74. The lowest BCUT2D eigenvalue weighted by molar-refractivity contribution is 0.0993. The summed E-state index contributed by atoms with van der Waals surface area (Å²) in [6.07, 6.45) is 0. The number of carbonyl (C=O) groups excluding carboxylic acids is 1. The minimum atomic E-state index is 0.118. The van der Waals surface area contributed by atoms with E-state index >= 15 is 0 Å². The topological polar surface area (TPSA) is 29.1 Å². The summed E-state index contributed by atoms with van der Waals surface area (Å²) in [5.74, 6) is 0.118. The molecule has 0 aliphatic carbocycles. The van der Waals surface area contributed by atoms with Crippen LogP contribution in [-0.2, 0) is 0 Å². The maximum atomic E-state index is 11.6.